The lowest BCUT2D eigenvalue weighted by molar-refractivity contribution is 0.0203. The van der Waals surface area contributed by atoms with Crippen molar-refractivity contribution >= 4 is 0 Å². The molecule has 1 spiro atoms. The van der Waals surface area contributed by atoms with E-state index in [4.69, 9.17) is 5.73 Å². The zero-order valence-electron chi connectivity index (χ0n) is 9.39. The second-order valence-electron chi connectivity index (χ2n) is 6.21. The highest BCUT2D eigenvalue weighted by Crippen LogP contribution is 2.65. The Morgan fingerprint density at radius 1 is 1.00 bits per heavy atom. The van der Waals surface area contributed by atoms with Crippen LogP contribution in [0.15, 0.2) is 0 Å². The summed E-state index contributed by atoms with van der Waals surface area (Å²) in [5, 5.41) is 0. The van der Waals surface area contributed by atoms with E-state index in [0.29, 0.717) is 5.41 Å². The summed E-state index contributed by atoms with van der Waals surface area (Å²) in [5.41, 5.74) is 7.41. The third kappa shape index (κ3) is 0.900. The number of nitrogens with two attached hydrogens (primary N) is 1. The zero-order valence-corrected chi connectivity index (χ0v) is 9.39. The van der Waals surface area contributed by atoms with Crippen molar-refractivity contribution in [2.75, 3.05) is 0 Å². The Bertz CT molecular complexity index is 238. The van der Waals surface area contributed by atoms with Gasteiger partial charge in [-0.1, -0.05) is 19.3 Å². The Hall–Kier alpha value is -0.0400. The fourth-order valence-corrected chi connectivity index (χ4v) is 5.00. The number of hydrogen-bond donors (Lipinski definition) is 1. The maximum Gasteiger partial charge on any atom is 0.0214 e. The highest BCUT2D eigenvalue weighted by molar-refractivity contribution is 5.16. The minimum atomic E-state index is 0.177. The first-order valence-electron chi connectivity index (χ1n) is 6.46. The van der Waals surface area contributed by atoms with E-state index in [1.807, 2.05) is 0 Å². The van der Waals surface area contributed by atoms with E-state index in [1.54, 1.807) is 0 Å². The Kier molecular flexibility index (Phi) is 1.81. The molecule has 0 amide bonds. The van der Waals surface area contributed by atoms with Crippen LogP contribution in [0.25, 0.3) is 0 Å². The van der Waals surface area contributed by atoms with Crippen molar-refractivity contribution in [1.82, 2.24) is 0 Å². The SMILES string of the molecule is C[C@]1(N)C2CC[C@@H](C2)C12CCCCC2. The average Bonchev–Trinajstić information content (AvgIpc) is 2.72. The molecule has 3 fully saturated rings. The highest BCUT2D eigenvalue weighted by atomic mass is 14.9. The van der Waals surface area contributed by atoms with Crippen molar-refractivity contribution < 1.29 is 0 Å². The van der Waals surface area contributed by atoms with Gasteiger partial charge in [-0.05, 0) is 56.3 Å². The van der Waals surface area contributed by atoms with Gasteiger partial charge in [0.15, 0.2) is 0 Å². The number of rotatable bonds is 0. The van der Waals surface area contributed by atoms with Gasteiger partial charge < -0.3 is 5.73 Å². The second-order valence-corrected chi connectivity index (χ2v) is 6.21. The lowest BCUT2D eigenvalue weighted by Crippen LogP contribution is -2.57. The van der Waals surface area contributed by atoms with E-state index in [0.717, 1.165) is 11.8 Å². The first-order chi connectivity index (χ1) is 6.67. The van der Waals surface area contributed by atoms with E-state index in [9.17, 15) is 0 Å². The standard InChI is InChI=1S/C13H23N/c1-12(14)10-5-6-11(9-10)13(12)7-3-2-4-8-13/h10-11H,2-9,14H2,1H3/t10?,11-,12-/m0/s1. The molecule has 14 heavy (non-hydrogen) atoms. The summed E-state index contributed by atoms with van der Waals surface area (Å²) in [4.78, 5) is 0. The largest absolute Gasteiger partial charge is 0.325 e. The molecule has 2 bridgehead atoms. The van der Waals surface area contributed by atoms with Crippen molar-refractivity contribution in [2.24, 2.45) is 23.0 Å². The smallest absolute Gasteiger partial charge is 0.0214 e. The van der Waals surface area contributed by atoms with Crippen LogP contribution < -0.4 is 5.73 Å². The van der Waals surface area contributed by atoms with Gasteiger partial charge in [0.25, 0.3) is 0 Å². The van der Waals surface area contributed by atoms with E-state index in [2.05, 4.69) is 6.92 Å². The predicted molar refractivity (Wildman–Crippen MR) is 58.9 cm³/mol. The molecule has 0 heterocycles. The summed E-state index contributed by atoms with van der Waals surface area (Å²) < 4.78 is 0. The summed E-state index contributed by atoms with van der Waals surface area (Å²) in [6, 6.07) is 0. The van der Waals surface area contributed by atoms with Crippen LogP contribution in [0.2, 0.25) is 0 Å². The van der Waals surface area contributed by atoms with Crippen LogP contribution in [0, 0.1) is 17.3 Å². The van der Waals surface area contributed by atoms with Crippen LogP contribution in [-0.4, -0.2) is 5.54 Å². The third-order valence-electron chi connectivity index (χ3n) is 5.88. The minimum absolute atomic E-state index is 0.177. The monoisotopic (exact) mass is 193 g/mol. The molecule has 2 N–H and O–H groups in total. The van der Waals surface area contributed by atoms with E-state index >= 15 is 0 Å². The predicted octanol–water partition coefficient (Wildman–Crippen LogP) is 3.08. The fraction of sp³-hybridized carbons (Fsp3) is 1.00. The topological polar surface area (TPSA) is 26.0 Å². The van der Waals surface area contributed by atoms with Crippen molar-refractivity contribution in [3.05, 3.63) is 0 Å². The van der Waals surface area contributed by atoms with Crippen LogP contribution in [0.4, 0.5) is 0 Å². The van der Waals surface area contributed by atoms with Crippen molar-refractivity contribution in [3.63, 3.8) is 0 Å². The molecule has 0 aliphatic heterocycles. The van der Waals surface area contributed by atoms with E-state index in [1.165, 1.54) is 51.4 Å². The van der Waals surface area contributed by atoms with Crippen molar-refractivity contribution in [1.29, 1.82) is 0 Å². The molecule has 0 aromatic rings. The van der Waals surface area contributed by atoms with Gasteiger partial charge in [-0.15, -0.1) is 0 Å². The lowest BCUT2D eigenvalue weighted by atomic mass is 9.56. The van der Waals surface area contributed by atoms with Gasteiger partial charge in [-0.2, -0.15) is 0 Å². The molecular weight excluding hydrogens is 170 g/mol. The molecule has 0 aromatic heterocycles. The van der Waals surface area contributed by atoms with Gasteiger partial charge in [-0.3, -0.25) is 0 Å². The Labute approximate surface area is 87.4 Å². The minimum Gasteiger partial charge on any atom is -0.325 e. The molecule has 0 radical (unpaired) electrons. The quantitative estimate of drug-likeness (QED) is 0.628. The third-order valence-corrected chi connectivity index (χ3v) is 5.88. The molecule has 1 nitrogen and oxygen atoms in total. The molecule has 3 rings (SSSR count). The maximum atomic E-state index is 6.67. The first-order valence-corrected chi connectivity index (χ1v) is 6.46. The molecule has 80 valence electrons. The van der Waals surface area contributed by atoms with Gasteiger partial charge in [0.05, 0.1) is 0 Å². The first kappa shape index (κ1) is 9.21. The van der Waals surface area contributed by atoms with Crippen LogP contribution >= 0.6 is 0 Å². The summed E-state index contributed by atoms with van der Waals surface area (Å²) in [7, 11) is 0. The van der Waals surface area contributed by atoms with Crippen LogP contribution in [0.1, 0.15) is 58.3 Å². The summed E-state index contributed by atoms with van der Waals surface area (Å²) in [6.07, 6.45) is 11.5. The van der Waals surface area contributed by atoms with Crippen LogP contribution in [0.3, 0.4) is 0 Å². The number of fused-ring (bicyclic) bond motifs is 3. The van der Waals surface area contributed by atoms with Gasteiger partial charge in [0.1, 0.15) is 0 Å². The summed E-state index contributed by atoms with van der Waals surface area (Å²) in [5.74, 6) is 1.84. The van der Waals surface area contributed by atoms with Crippen LogP contribution in [0.5, 0.6) is 0 Å². The zero-order chi connectivity index (χ0) is 9.81. The normalized spacial score (nSPS) is 50.1. The lowest BCUT2D eigenvalue weighted by Gasteiger charge is -2.52. The Morgan fingerprint density at radius 2 is 1.64 bits per heavy atom. The fourth-order valence-electron chi connectivity index (χ4n) is 5.00. The highest BCUT2D eigenvalue weighted by Gasteiger charge is 2.62. The second kappa shape index (κ2) is 2.75. The molecule has 3 atom stereocenters. The van der Waals surface area contributed by atoms with Crippen molar-refractivity contribution in [2.45, 2.75) is 63.8 Å². The summed E-state index contributed by atoms with van der Waals surface area (Å²) in [6.45, 7) is 2.36. The van der Waals surface area contributed by atoms with Gasteiger partial charge in [0.2, 0.25) is 0 Å². The molecule has 0 saturated heterocycles. The van der Waals surface area contributed by atoms with Crippen molar-refractivity contribution in [3.8, 4) is 0 Å². The molecule has 3 aliphatic carbocycles. The van der Waals surface area contributed by atoms with Gasteiger partial charge in [-0.25, -0.2) is 0 Å². The van der Waals surface area contributed by atoms with Crippen LogP contribution in [-0.2, 0) is 0 Å². The molecular formula is C13H23N. The van der Waals surface area contributed by atoms with Gasteiger partial charge in [0, 0.05) is 5.54 Å². The Morgan fingerprint density at radius 3 is 2.21 bits per heavy atom. The van der Waals surface area contributed by atoms with E-state index < -0.39 is 0 Å². The molecule has 1 unspecified atom stereocenters. The van der Waals surface area contributed by atoms with E-state index in [-0.39, 0.29) is 5.54 Å². The Balaban J connectivity index is 1.96. The molecule has 3 aliphatic rings. The molecule has 3 saturated carbocycles. The average molecular weight is 193 g/mol. The molecule has 0 aromatic carbocycles. The van der Waals surface area contributed by atoms with Gasteiger partial charge >= 0.3 is 0 Å². The summed E-state index contributed by atoms with van der Waals surface area (Å²) >= 11 is 0. The number of hydrogen-bond acceptors (Lipinski definition) is 1. The maximum absolute atomic E-state index is 6.67. The molecule has 1 heteroatoms.